The molecule has 0 saturated heterocycles. The molecule has 2 rings (SSSR count). The SMILES string of the molecule is CCc1ccccc1NC(=O)[C@H](CC)Oc1ccccc1F. The summed E-state index contributed by atoms with van der Waals surface area (Å²) in [5.74, 6) is -0.650. The van der Waals surface area contributed by atoms with Gasteiger partial charge in [-0.15, -0.1) is 0 Å². The summed E-state index contributed by atoms with van der Waals surface area (Å²) in [6.45, 7) is 3.86. The number of nitrogens with one attached hydrogen (secondary N) is 1. The predicted octanol–water partition coefficient (Wildman–Crippen LogP) is 4.18. The van der Waals surface area contributed by atoms with E-state index in [0.29, 0.717) is 6.42 Å². The fourth-order valence-corrected chi connectivity index (χ4v) is 2.18. The molecule has 0 heterocycles. The summed E-state index contributed by atoms with van der Waals surface area (Å²) in [4.78, 5) is 12.4. The summed E-state index contributed by atoms with van der Waals surface area (Å²) in [5, 5.41) is 2.87. The Morgan fingerprint density at radius 1 is 1.14 bits per heavy atom. The Morgan fingerprint density at radius 2 is 1.82 bits per heavy atom. The van der Waals surface area contributed by atoms with Crippen LogP contribution in [0.25, 0.3) is 0 Å². The first-order chi connectivity index (χ1) is 10.7. The normalized spacial score (nSPS) is 11.8. The van der Waals surface area contributed by atoms with Crippen LogP contribution in [0.4, 0.5) is 10.1 Å². The number of aryl methyl sites for hydroxylation is 1. The zero-order valence-corrected chi connectivity index (χ0v) is 12.8. The molecule has 0 aliphatic rings. The zero-order valence-electron chi connectivity index (χ0n) is 12.8. The van der Waals surface area contributed by atoms with Gasteiger partial charge in [-0.3, -0.25) is 4.79 Å². The Kier molecular flexibility index (Phi) is 5.53. The van der Waals surface area contributed by atoms with Crippen molar-refractivity contribution in [2.75, 3.05) is 5.32 Å². The second-order valence-corrected chi connectivity index (χ2v) is 4.95. The van der Waals surface area contributed by atoms with Crippen LogP contribution in [0.1, 0.15) is 25.8 Å². The molecule has 1 amide bonds. The summed E-state index contributed by atoms with van der Waals surface area (Å²) < 4.78 is 19.2. The second-order valence-electron chi connectivity index (χ2n) is 4.95. The van der Waals surface area contributed by atoms with E-state index in [1.54, 1.807) is 12.1 Å². The largest absolute Gasteiger partial charge is 0.478 e. The molecular weight excluding hydrogens is 281 g/mol. The highest BCUT2D eigenvalue weighted by molar-refractivity contribution is 5.95. The van der Waals surface area contributed by atoms with E-state index in [9.17, 15) is 9.18 Å². The average molecular weight is 301 g/mol. The third-order valence-corrected chi connectivity index (χ3v) is 3.43. The van der Waals surface area contributed by atoms with Crippen molar-refractivity contribution in [1.29, 1.82) is 0 Å². The first kappa shape index (κ1) is 16.0. The average Bonchev–Trinajstić information content (AvgIpc) is 2.54. The van der Waals surface area contributed by atoms with Crippen molar-refractivity contribution in [3.05, 3.63) is 59.9 Å². The van der Waals surface area contributed by atoms with Gasteiger partial charge in [0.15, 0.2) is 17.7 Å². The van der Waals surface area contributed by atoms with Crippen molar-refractivity contribution < 1.29 is 13.9 Å². The molecule has 0 fully saturated rings. The topological polar surface area (TPSA) is 38.3 Å². The molecular formula is C18H20FNO2. The van der Waals surface area contributed by atoms with E-state index in [-0.39, 0.29) is 11.7 Å². The summed E-state index contributed by atoms with van der Waals surface area (Å²) in [5.41, 5.74) is 1.82. The van der Waals surface area contributed by atoms with Gasteiger partial charge in [-0.1, -0.05) is 44.2 Å². The van der Waals surface area contributed by atoms with E-state index in [1.165, 1.54) is 12.1 Å². The molecule has 4 heteroatoms. The first-order valence-electron chi connectivity index (χ1n) is 7.45. The van der Waals surface area contributed by atoms with Gasteiger partial charge in [0.05, 0.1) is 0 Å². The van der Waals surface area contributed by atoms with Crippen molar-refractivity contribution in [3.8, 4) is 5.75 Å². The molecule has 0 unspecified atom stereocenters. The standard InChI is InChI=1S/C18H20FNO2/c1-3-13-9-5-7-11-15(13)20-18(21)16(4-2)22-17-12-8-6-10-14(17)19/h5-12,16H,3-4H2,1-2H3,(H,20,21)/t16-/m0/s1. The highest BCUT2D eigenvalue weighted by Gasteiger charge is 2.20. The number of benzene rings is 2. The number of carbonyl (C=O) groups excluding carboxylic acids is 1. The smallest absolute Gasteiger partial charge is 0.265 e. The van der Waals surface area contributed by atoms with Crippen LogP contribution < -0.4 is 10.1 Å². The van der Waals surface area contributed by atoms with E-state index in [0.717, 1.165) is 17.7 Å². The number of amides is 1. The molecule has 0 aliphatic heterocycles. The third kappa shape index (κ3) is 3.85. The monoisotopic (exact) mass is 301 g/mol. The second kappa shape index (κ2) is 7.59. The summed E-state index contributed by atoms with van der Waals surface area (Å²) in [7, 11) is 0. The molecule has 0 bridgehead atoms. The Hall–Kier alpha value is -2.36. The molecule has 0 radical (unpaired) electrons. The minimum absolute atomic E-state index is 0.0910. The lowest BCUT2D eigenvalue weighted by Crippen LogP contribution is -2.32. The number of ether oxygens (including phenoxy) is 1. The number of halogens is 1. The van der Waals surface area contributed by atoms with Gasteiger partial charge in [-0.2, -0.15) is 0 Å². The van der Waals surface area contributed by atoms with Gasteiger partial charge >= 0.3 is 0 Å². The highest BCUT2D eigenvalue weighted by Crippen LogP contribution is 2.20. The van der Waals surface area contributed by atoms with Crippen molar-refractivity contribution >= 4 is 11.6 Å². The molecule has 0 spiro atoms. The van der Waals surface area contributed by atoms with E-state index in [1.807, 2.05) is 38.1 Å². The minimum atomic E-state index is -0.734. The zero-order chi connectivity index (χ0) is 15.9. The Bertz CT molecular complexity index is 642. The Labute approximate surface area is 130 Å². The third-order valence-electron chi connectivity index (χ3n) is 3.43. The summed E-state index contributed by atoms with van der Waals surface area (Å²) in [6, 6.07) is 13.7. The van der Waals surface area contributed by atoms with Crippen LogP contribution in [0.5, 0.6) is 5.75 Å². The van der Waals surface area contributed by atoms with E-state index < -0.39 is 11.9 Å². The summed E-state index contributed by atoms with van der Waals surface area (Å²) >= 11 is 0. The number of hydrogen-bond acceptors (Lipinski definition) is 2. The Balaban J connectivity index is 2.11. The van der Waals surface area contributed by atoms with Gasteiger partial charge in [0.2, 0.25) is 0 Å². The molecule has 0 aromatic heterocycles. The molecule has 2 aromatic rings. The lowest BCUT2D eigenvalue weighted by molar-refractivity contribution is -0.122. The van der Waals surface area contributed by atoms with Crippen LogP contribution >= 0.6 is 0 Å². The van der Waals surface area contributed by atoms with Crippen molar-refractivity contribution in [2.24, 2.45) is 0 Å². The van der Waals surface area contributed by atoms with Crippen molar-refractivity contribution in [3.63, 3.8) is 0 Å². The molecule has 0 aliphatic carbocycles. The molecule has 0 saturated carbocycles. The van der Waals surface area contributed by atoms with Crippen LogP contribution in [-0.2, 0) is 11.2 Å². The minimum Gasteiger partial charge on any atom is -0.478 e. The fourth-order valence-electron chi connectivity index (χ4n) is 2.18. The van der Waals surface area contributed by atoms with Gasteiger partial charge in [-0.25, -0.2) is 4.39 Å². The molecule has 3 nitrogen and oxygen atoms in total. The van der Waals surface area contributed by atoms with Crippen LogP contribution in [0.15, 0.2) is 48.5 Å². The molecule has 22 heavy (non-hydrogen) atoms. The first-order valence-corrected chi connectivity index (χ1v) is 7.45. The van der Waals surface area contributed by atoms with Crippen LogP contribution in [-0.4, -0.2) is 12.0 Å². The van der Waals surface area contributed by atoms with Crippen LogP contribution in [0.2, 0.25) is 0 Å². The molecule has 1 atom stereocenters. The molecule has 116 valence electrons. The van der Waals surface area contributed by atoms with Gasteiger partial charge < -0.3 is 10.1 Å². The van der Waals surface area contributed by atoms with Gasteiger partial charge in [0.25, 0.3) is 5.91 Å². The number of anilines is 1. The van der Waals surface area contributed by atoms with E-state index in [2.05, 4.69) is 5.32 Å². The molecule has 2 aromatic carbocycles. The van der Waals surface area contributed by atoms with Gasteiger partial charge in [-0.05, 0) is 36.6 Å². The van der Waals surface area contributed by atoms with Gasteiger partial charge in [0, 0.05) is 5.69 Å². The summed E-state index contributed by atoms with van der Waals surface area (Å²) in [6.07, 6.45) is 0.539. The maximum Gasteiger partial charge on any atom is 0.265 e. The van der Waals surface area contributed by atoms with Crippen molar-refractivity contribution in [1.82, 2.24) is 0 Å². The van der Waals surface area contributed by atoms with Crippen molar-refractivity contribution in [2.45, 2.75) is 32.8 Å². The van der Waals surface area contributed by atoms with Crippen LogP contribution in [0.3, 0.4) is 0 Å². The van der Waals surface area contributed by atoms with E-state index in [4.69, 9.17) is 4.74 Å². The van der Waals surface area contributed by atoms with Crippen LogP contribution in [0, 0.1) is 5.82 Å². The van der Waals surface area contributed by atoms with E-state index >= 15 is 0 Å². The predicted molar refractivity (Wildman–Crippen MR) is 85.6 cm³/mol. The lowest BCUT2D eigenvalue weighted by atomic mass is 10.1. The fraction of sp³-hybridized carbons (Fsp3) is 0.278. The number of hydrogen-bond donors (Lipinski definition) is 1. The highest BCUT2D eigenvalue weighted by atomic mass is 19.1. The van der Waals surface area contributed by atoms with Gasteiger partial charge in [0.1, 0.15) is 0 Å². The maximum absolute atomic E-state index is 13.6. The number of carbonyl (C=O) groups is 1. The number of rotatable bonds is 6. The number of para-hydroxylation sites is 2. The Morgan fingerprint density at radius 3 is 2.50 bits per heavy atom. The molecule has 1 N–H and O–H groups in total. The quantitative estimate of drug-likeness (QED) is 0.869. The lowest BCUT2D eigenvalue weighted by Gasteiger charge is -2.18. The maximum atomic E-state index is 13.6.